The van der Waals surface area contributed by atoms with Gasteiger partial charge in [0.2, 0.25) is 5.91 Å². The average Bonchev–Trinajstić information content (AvgIpc) is 1.66. The van der Waals surface area contributed by atoms with Crippen LogP contribution in [0.5, 0.6) is 5.75 Å². The van der Waals surface area contributed by atoms with Gasteiger partial charge in [0.25, 0.3) is 0 Å². The van der Waals surface area contributed by atoms with Gasteiger partial charge in [-0.2, -0.15) is 0 Å². The number of fused-ring (bicyclic) bond motifs is 9. The number of rotatable bonds is 0. The van der Waals surface area contributed by atoms with Crippen LogP contribution in [0.25, 0.3) is 98.1 Å². The van der Waals surface area contributed by atoms with Crippen LogP contribution in [0.3, 0.4) is 0 Å². The van der Waals surface area contributed by atoms with Crippen LogP contribution in [-0.4, -0.2) is 55.0 Å². The summed E-state index contributed by atoms with van der Waals surface area (Å²) in [5.41, 5.74) is 20.1. The Morgan fingerprint density at radius 1 is 0.373 bits per heavy atom. The smallest absolute Gasteiger partial charge is 0.228 e. The first kappa shape index (κ1) is 76.0. The van der Waals surface area contributed by atoms with Gasteiger partial charge in [-0.05, 0) is 235 Å². The van der Waals surface area contributed by atoms with Crippen LogP contribution in [-0.2, 0) is 7.05 Å². The first-order valence-electron chi connectivity index (χ1n) is 32.4. The minimum Gasteiger partial charge on any atom is -0.506 e. The van der Waals surface area contributed by atoms with Gasteiger partial charge < -0.3 is 44.6 Å². The first-order valence-corrected chi connectivity index (χ1v) is 37.1. The Morgan fingerprint density at radius 3 is 1.45 bits per heavy atom. The van der Waals surface area contributed by atoms with E-state index in [-0.39, 0.29) is 11.7 Å². The molecule has 18 rings (SSSR count). The molecule has 0 bridgehead atoms. The molecule has 520 valence electrons. The summed E-state index contributed by atoms with van der Waals surface area (Å²) in [4.78, 5) is 33.3. The lowest BCUT2D eigenvalue weighted by molar-refractivity contribution is 0.0941. The summed E-state index contributed by atoms with van der Waals surface area (Å²) in [5.74, 6) is 0.0438. The van der Waals surface area contributed by atoms with Crippen molar-refractivity contribution >= 4 is 214 Å². The Labute approximate surface area is 645 Å². The van der Waals surface area contributed by atoms with E-state index < -0.39 is 0 Å². The number of nitrogens with zero attached hydrogens (tertiary/aromatic N) is 2. The lowest BCUT2D eigenvalue weighted by Crippen LogP contribution is -2.02. The molecule has 9 aromatic carbocycles. The molecule has 0 saturated heterocycles. The van der Waals surface area contributed by atoms with Crippen molar-refractivity contribution in [3.8, 4) is 5.75 Å². The quantitative estimate of drug-likeness (QED) is 0.0761. The van der Waals surface area contributed by atoms with Crippen molar-refractivity contribution in [1.29, 1.82) is 0 Å². The van der Waals surface area contributed by atoms with Gasteiger partial charge in [0.1, 0.15) is 5.75 Å². The van der Waals surface area contributed by atoms with E-state index >= 15 is 0 Å². The number of H-pyrrole nitrogens is 7. The molecular formula is C83H75Br4Cl4N9O2. The van der Waals surface area contributed by atoms with Crippen molar-refractivity contribution in [2.75, 3.05) is 0 Å². The number of benzene rings is 9. The van der Waals surface area contributed by atoms with E-state index in [9.17, 15) is 9.90 Å². The van der Waals surface area contributed by atoms with Crippen molar-refractivity contribution in [1.82, 2.24) is 44.0 Å². The Bertz CT molecular complexity index is 5630. The maximum Gasteiger partial charge on any atom is 0.228 e. The number of halogens is 8. The van der Waals surface area contributed by atoms with Gasteiger partial charge in [0, 0.05) is 173 Å². The molecule has 0 saturated carbocycles. The van der Waals surface area contributed by atoms with Crippen LogP contribution in [0.1, 0.15) is 56.2 Å². The number of carbonyl (C=O) groups excluding carboxylic acids is 1. The van der Waals surface area contributed by atoms with E-state index in [1.54, 1.807) is 12.1 Å². The van der Waals surface area contributed by atoms with E-state index in [0.29, 0.717) is 5.39 Å². The second-order valence-corrected chi connectivity index (χ2v) is 29.7. The number of aromatic amines is 7. The van der Waals surface area contributed by atoms with E-state index in [0.717, 1.165) is 71.0 Å². The zero-order valence-corrected chi connectivity index (χ0v) is 67.0. The number of para-hydroxylation sites is 4. The number of aryl methyl sites for hydroxylation is 9. The monoisotopic (exact) mass is 1690 g/mol. The molecule has 9 heterocycles. The van der Waals surface area contributed by atoms with Gasteiger partial charge in [-0.15, -0.1) is 0 Å². The second kappa shape index (κ2) is 34.6. The van der Waals surface area contributed by atoms with Crippen molar-refractivity contribution in [3.05, 3.63) is 308 Å². The van der Waals surface area contributed by atoms with E-state index in [1.807, 2.05) is 141 Å². The van der Waals surface area contributed by atoms with Gasteiger partial charge in [0.05, 0.1) is 32.8 Å². The summed E-state index contributed by atoms with van der Waals surface area (Å²) in [7, 11) is 2.08. The lowest BCUT2D eigenvalue weighted by Gasteiger charge is -1.98. The highest BCUT2D eigenvalue weighted by atomic mass is 79.9. The second-order valence-electron chi connectivity index (χ2n) is 24.5. The van der Waals surface area contributed by atoms with Crippen LogP contribution in [0.4, 0.5) is 0 Å². The molecule has 8 N–H and O–H groups in total. The Morgan fingerprint density at radius 2 is 0.824 bits per heavy atom. The van der Waals surface area contributed by atoms with E-state index in [1.165, 1.54) is 122 Å². The summed E-state index contributed by atoms with van der Waals surface area (Å²) in [6.45, 7) is 18.2. The average molecular weight is 1690 g/mol. The van der Waals surface area contributed by atoms with Crippen LogP contribution in [0, 0.1) is 55.4 Å². The fourth-order valence-corrected chi connectivity index (χ4v) is 14.2. The number of aromatic hydroxyl groups is 1. The van der Waals surface area contributed by atoms with E-state index in [4.69, 9.17) is 46.4 Å². The highest BCUT2D eigenvalue weighted by Gasteiger charge is 2.11. The van der Waals surface area contributed by atoms with Gasteiger partial charge in [-0.1, -0.05) is 145 Å². The summed E-state index contributed by atoms with van der Waals surface area (Å²) < 4.78 is 7.91. The molecule has 0 unspecified atom stereocenters. The van der Waals surface area contributed by atoms with Crippen molar-refractivity contribution < 1.29 is 9.90 Å². The number of nitrogens with one attached hydrogen (secondary N) is 7. The molecule has 0 aliphatic rings. The maximum atomic E-state index is 11.1. The van der Waals surface area contributed by atoms with Crippen molar-refractivity contribution in [2.45, 2.75) is 62.3 Å². The highest BCUT2D eigenvalue weighted by molar-refractivity contribution is 9.11. The molecule has 0 spiro atoms. The Hall–Kier alpha value is -8.61. The molecule has 19 heteroatoms. The third-order valence-corrected chi connectivity index (χ3v) is 20.9. The van der Waals surface area contributed by atoms with Gasteiger partial charge in [0.15, 0.2) is 0 Å². The third kappa shape index (κ3) is 18.4. The summed E-state index contributed by atoms with van der Waals surface area (Å²) >= 11 is 37.4. The number of aromatic nitrogens is 9. The lowest BCUT2D eigenvalue weighted by atomic mass is 10.2. The standard InChI is InChI=1S/C10H9NO2.C10H11N.C9H7BrClN.3C9H8BrN.3C9H8ClN/c1-7(12)11-6-10(13)8-4-2-3-5-9(8)11;1-8-7-11(2)10-6-4-3-5-9(8)10;1-5-4-12-7-3-2-6(10)9(11)8(5)7;1-6-5-11-9-3-2-7(10)4-8(6)9;1-6-5-11-9-4-7(10)2-3-8(6)9;1-6-5-11-9-7(6)3-2-4-8(9)10;1-6-5-11-9-3-2-7(10)4-8(6)9;1-6-5-11-9-4-7(10)2-3-8(6)9;1-6-5-11-9-7(6)3-2-4-8(9)10/h2-6,13H,1H3;3-7H,1-2H3;2-4,12H,1H3;6*2-5,11H,1H3. The van der Waals surface area contributed by atoms with Gasteiger partial charge in [-0.3, -0.25) is 9.36 Å². The third-order valence-electron chi connectivity index (χ3n) is 17.2. The number of hydrogen-bond donors (Lipinski definition) is 8. The van der Waals surface area contributed by atoms with Crippen molar-refractivity contribution in [3.63, 3.8) is 0 Å². The van der Waals surface area contributed by atoms with Gasteiger partial charge >= 0.3 is 0 Å². The molecule has 0 radical (unpaired) electrons. The molecule has 0 atom stereocenters. The maximum absolute atomic E-state index is 11.1. The van der Waals surface area contributed by atoms with Crippen molar-refractivity contribution in [2.24, 2.45) is 7.05 Å². The minimum atomic E-state index is -0.100. The SMILES string of the molecule is CC(=O)n1cc(O)c2ccccc21.Cc1c[nH]c2c(Br)cccc12.Cc1c[nH]c2c(Cl)cccc12.Cc1c[nH]c2cc(Br)ccc12.Cc1c[nH]c2cc(Cl)ccc12.Cc1c[nH]c2ccc(Br)c(Cl)c12.Cc1c[nH]c2ccc(Br)cc12.Cc1c[nH]c2ccc(Cl)cc12.Cc1cn(C)c2ccccc12. The summed E-state index contributed by atoms with van der Waals surface area (Å²) in [6, 6.07) is 56.0. The number of carbonyl (C=O) groups is 1. The molecule has 0 aliphatic carbocycles. The zero-order valence-electron chi connectivity index (χ0n) is 57.6. The summed E-state index contributed by atoms with van der Waals surface area (Å²) in [6.07, 6.45) is 17.6. The molecule has 0 aliphatic heterocycles. The Balaban J connectivity index is 0.000000124. The number of hydrogen-bond acceptors (Lipinski definition) is 2. The van der Waals surface area contributed by atoms with Crippen LogP contribution in [0.15, 0.2) is 244 Å². The zero-order chi connectivity index (χ0) is 73.1. The minimum absolute atomic E-state index is 0.100. The largest absolute Gasteiger partial charge is 0.506 e. The molecule has 102 heavy (non-hydrogen) atoms. The predicted octanol–water partition coefficient (Wildman–Crippen LogP) is 27.5. The van der Waals surface area contributed by atoms with Crippen LogP contribution < -0.4 is 0 Å². The van der Waals surface area contributed by atoms with Gasteiger partial charge in [-0.25, -0.2) is 0 Å². The first-order chi connectivity index (χ1) is 48.8. The topological polar surface area (TPSA) is 158 Å². The molecule has 11 nitrogen and oxygen atoms in total. The van der Waals surface area contributed by atoms with Crippen LogP contribution in [0.2, 0.25) is 20.1 Å². The molecule has 18 aromatic rings. The fraction of sp³-hybridized carbons (Fsp3) is 0.120. The van der Waals surface area contributed by atoms with Crippen LogP contribution >= 0.6 is 110 Å². The predicted molar refractivity (Wildman–Crippen MR) is 450 cm³/mol. The molecule has 0 fully saturated rings. The molecule has 9 aromatic heterocycles. The molecular weight excluding hydrogens is 1620 g/mol. The summed E-state index contributed by atoms with van der Waals surface area (Å²) in [5, 5.41) is 23.3. The molecule has 0 amide bonds. The Kier molecular flexibility index (Phi) is 25.8. The fourth-order valence-electron chi connectivity index (χ4n) is 11.7. The van der Waals surface area contributed by atoms with E-state index in [2.05, 4.69) is 232 Å². The normalized spacial score (nSPS) is 10.7. The highest BCUT2D eigenvalue weighted by Crippen LogP contribution is 2.34.